The lowest BCUT2D eigenvalue weighted by Crippen LogP contribution is -1.90. The molecule has 0 aromatic carbocycles. The first-order valence-electron chi connectivity index (χ1n) is 8.84. The zero-order valence-corrected chi connectivity index (χ0v) is 13.7. The first kappa shape index (κ1) is 17.5. The quantitative estimate of drug-likeness (QED) is 0.222. The predicted molar refractivity (Wildman–Crippen MR) is 89.1 cm³/mol. The van der Waals surface area contributed by atoms with Crippen molar-refractivity contribution < 1.29 is 4.74 Å². The molecule has 0 radical (unpaired) electrons. The van der Waals surface area contributed by atoms with Gasteiger partial charge in [0.25, 0.3) is 0 Å². The fourth-order valence-electron chi connectivity index (χ4n) is 2.56. The number of ether oxygens (including phenoxy) is 1. The Morgan fingerprint density at radius 2 is 1.30 bits per heavy atom. The molecule has 1 nitrogen and oxygen atoms in total. The van der Waals surface area contributed by atoms with Crippen LogP contribution in [-0.2, 0) is 4.74 Å². The molecule has 1 fully saturated rings. The Balaban J connectivity index is 1.83. The van der Waals surface area contributed by atoms with Crippen molar-refractivity contribution in [1.82, 2.24) is 0 Å². The van der Waals surface area contributed by atoms with Gasteiger partial charge in [0.05, 0.1) is 12.2 Å². The third kappa shape index (κ3) is 9.36. The van der Waals surface area contributed by atoms with E-state index < -0.39 is 0 Å². The zero-order chi connectivity index (χ0) is 14.5. The topological polar surface area (TPSA) is 12.5 Å². The first-order chi connectivity index (χ1) is 9.88. The van der Waals surface area contributed by atoms with Gasteiger partial charge in [0, 0.05) is 0 Å². The van der Waals surface area contributed by atoms with Gasteiger partial charge >= 0.3 is 0 Å². The molecular weight excluding hydrogens is 244 g/mol. The molecule has 0 amide bonds. The number of hydrogen-bond acceptors (Lipinski definition) is 1. The molecule has 1 heteroatoms. The minimum Gasteiger partial charge on any atom is -0.369 e. The van der Waals surface area contributed by atoms with Crippen LogP contribution in [0.5, 0.6) is 0 Å². The smallest absolute Gasteiger partial charge is 0.0879 e. The highest BCUT2D eigenvalue weighted by molar-refractivity contribution is 4.97. The molecule has 1 aliphatic heterocycles. The number of epoxide rings is 1. The molecule has 0 N–H and O–H groups in total. The molecule has 20 heavy (non-hydrogen) atoms. The van der Waals surface area contributed by atoms with Crippen molar-refractivity contribution in [1.29, 1.82) is 0 Å². The van der Waals surface area contributed by atoms with Crippen molar-refractivity contribution in [3.05, 3.63) is 24.3 Å². The van der Waals surface area contributed by atoms with Gasteiger partial charge in [-0.3, -0.25) is 0 Å². The summed E-state index contributed by atoms with van der Waals surface area (Å²) in [6, 6.07) is 0. The van der Waals surface area contributed by atoms with Crippen LogP contribution in [0.15, 0.2) is 24.3 Å². The van der Waals surface area contributed by atoms with Gasteiger partial charge in [-0.15, -0.1) is 0 Å². The Hall–Kier alpha value is -0.560. The summed E-state index contributed by atoms with van der Waals surface area (Å²) < 4.78 is 5.64. The van der Waals surface area contributed by atoms with Gasteiger partial charge in [-0.05, 0) is 32.1 Å². The summed E-state index contributed by atoms with van der Waals surface area (Å²) >= 11 is 0. The molecule has 0 bridgehead atoms. The van der Waals surface area contributed by atoms with Crippen LogP contribution in [0.4, 0.5) is 0 Å². The minimum atomic E-state index is 0.501. The van der Waals surface area contributed by atoms with E-state index in [-0.39, 0.29) is 0 Å². The summed E-state index contributed by atoms with van der Waals surface area (Å²) in [4.78, 5) is 0. The third-order valence-electron chi connectivity index (χ3n) is 3.97. The molecule has 0 aliphatic carbocycles. The van der Waals surface area contributed by atoms with Gasteiger partial charge in [-0.1, -0.05) is 76.7 Å². The highest BCUT2D eigenvalue weighted by atomic mass is 16.6. The maximum Gasteiger partial charge on any atom is 0.0879 e. The van der Waals surface area contributed by atoms with Gasteiger partial charge in [0.2, 0.25) is 0 Å². The normalized spacial score (nSPS) is 22.1. The largest absolute Gasteiger partial charge is 0.369 e. The van der Waals surface area contributed by atoms with Crippen LogP contribution in [0, 0.1) is 0 Å². The molecule has 1 aliphatic rings. The van der Waals surface area contributed by atoms with Crippen LogP contribution in [0.25, 0.3) is 0 Å². The molecule has 2 unspecified atom stereocenters. The molecule has 2 atom stereocenters. The molecule has 1 saturated heterocycles. The fraction of sp³-hybridized carbons (Fsp3) is 0.789. The molecule has 1 heterocycles. The second kappa shape index (κ2) is 12.2. The average molecular weight is 278 g/mol. The number of allylic oxidation sites excluding steroid dienone is 2. The fourth-order valence-corrected chi connectivity index (χ4v) is 2.56. The minimum absolute atomic E-state index is 0.501. The van der Waals surface area contributed by atoms with E-state index in [0.29, 0.717) is 12.2 Å². The second-order valence-electron chi connectivity index (χ2n) is 5.95. The van der Waals surface area contributed by atoms with Crippen LogP contribution in [0.1, 0.15) is 84.5 Å². The SMILES string of the molecule is CC/C=C\CC1OC1C/C=C\CCCCCCCCC. The molecule has 0 saturated carbocycles. The van der Waals surface area contributed by atoms with Crippen molar-refractivity contribution in [2.75, 3.05) is 0 Å². The Kier molecular flexibility index (Phi) is 10.7. The maximum absolute atomic E-state index is 5.64. The lowest BCUT2D eigenvalue weighted by Gasteiger charge is -1.98. The maximum atomic E-state index is 5.64. The summed E-state index contributed by atoms with van der Waals surface area (Å²) in [5, 5.41) is 0. The zero-order valence-electron chi connectivity index (χ0n) is 13.7. The summed E-state index contributed by atoms with van der Waals surface area (Å²) in [6.07, 6.45) is 24.6. The molecular formula is C19H34O. The van der Waals surface area contributed by atoms with Gasteiger partial charge in [-0.25, -0.2) is 0 Å². The number of unbranched alkanes of at least 4 members (excludes halogenated alkanes) is 7. The first-order valence-corrected chi connectivity index (χ1v) is 8.84. The van der Waals surface area contributed by atoms with Crippen molar-refractivity contribution in [3.63, 3.8) is 0 Å². The highest BCUT2D eigenvalue weighted by Crippen LogP contribution is 2.29. The molecule has 0 aromatic heterocycles. The van der Waals surface area contributed by atoms with Crippen molar-refractivity contribution in [2.24, 2.45) is 0 Å². The van der Waals surface area contributed by atoms with E-state index in [1.165, 1.54) is 51.4 Å². The second-order valence-corrected chi connectivity index (χ2v) is 5.95. The Bertz CT molecular complexity index is 267. The summed E-state index contributed by atoms with van der Waals surface area (Å²) in [6.45, 7) is 4.45. The van der Waals surface area contributed by atoms with Gasteiger partial charge in [0.15, 0.2) is 0 Å². The standard InChI is InChI=1S/C19H34O/c1-3-5-7-8-9-10-11-12-13-15-17-19-18(20-19)16-14-6-4-2/h6,13-15,18-19H,3-5,7-12,16-17H2,1-2H3/b14-6-,15-13-. The van der Waals surface area contributed by atoms with Crippen LogP contribution in [0.2, 0.25) is 0 Å². The van der Waals surface area contributed by atoms with E-state index in [1.807, 2.05) is 0 Å². The van der Waals surface area contributed by atoms with Crippen LogP contribution in [-0.4, -0.2) is 12.2 Å². The number of hydrogen-bond donors (Lipinski definition) is 0. The van der Waals surface area contributed by atoms with E-state index in [9.17, 15) is 0 Å². The summed E-state index contributed by atoms with van der Waals surface area (Å²) in [7, 11) is 0. The van der Waals surface area contributed by atoms with E-state index in [2.05, 4.69) is 38.2 Å². The third-order valence-corrected chi connectivity index (χ3v) is 3.97. The molecule has 1 rings (SSSR count). The number of rotatable bonds is 13. The lowest BCUT2D eigenvalue weighted by molar-refractivity contribution is 0.372. The van der Waals surface area contributed by atoms with E-state index in [0.717, 1.165) is 19.3 Å². The van der Waals surface area contributed by atoms with Gasteiger partial charge in [0.1, 0.15) is 0 Å². The van der Waals surface area contributed by atoms with Crippen molar-refractivity contribution in [2.45, 2.75) is 96.7 Å². The average Bonchev–Trinajstić information content (AvgIpc) is 3.20. The highest BCUT2D eigenvalue weighted by Gasteiger charge is 2.35. The summed E-state index contributed by atoms with van der Waals surface area (Å²) in [5.74, 6) is 0. The van der Waals surface area contributed by atoms with Crippen LogP contribution in [0.3, 0.4) is 0 Å². The lowest BCUT2D eigenvalue weighted by atomic mass is 10.1. The Morgan fingerprint density at radius 3 is 1.95 bits per heavy atom. The van der Waals surface area contributed by atoms with E-state index in [1.54, 1.807) is 0 Å². The monoisotopic (exact) mass is 278 g/mol. The molecule has 116 valence electrons. The molecule has 0 spiro atoms. The van der Waals surface area contributed by atoms with Gasteiger partial charge in [-0.2, -0.15) is 0 Å². The van der Waals surface area contributed by atoms with Crippen LogP contribution < -0.4 is 0 Å². The summed E-state index contributed by atoms with van der Waals surface area (Å²) in [5.41, 5.74) is 0. The predicted octanol–water partition coefficient (Wildman–Crippen LogP) is 6.20. The van der Waals surface area contributed by atoms with Crippen molar-refractivity contribution in [3.8, 4) is 0 Å². The van der Waals surface area contributed by atoms with Gasteiger partial charge < -0.3 is 4.74 Å². The van der Waals surface area contributed by atoms with E-state index in [4.69, 9.17) is 4.74 Å². The Labute approximate surface area is 126 Å². The van der Waals surface area contributed by atoms with Crippen molar-refractivity contribution >= 4 is 0 Å². The van der Waals surface area contributed by atoms with Crippen LogP contribution >= 0.6 is 0 Å². The van der Waals surface area contributed by atoms with E-state index >= 15 is 0 Å². The molecule has 0 aromatic rings. The Morgan fingerprint density at radius 1 is 0.700 bits per heavy atom.